The number of piperidine rings is 1. The third kappa shape index (κ3) is 2.80. The standard InChI is InChI=1S/C16H19NO4/c18-10-11-5-7-17(8-6-11)9-13-12-3-1-2-4-14(12)21-15(13)16(19)20/h1-4,11,18H,5-10H2,(H,19,20). The summed E-state index contributed by atoms with van der Waals surface area (Å²) >= 11 is 0. The third-order valence-corrected chi connectivity index (χ3v) is 4.24. The number of fused-ring (bicyclic) bond motifs is 1. The normalized spacial score (nSPS) is 17.4. The molecule has 0 unspecified atom stereocenters. The van der Waals surface area contributed by atoms with Crippen LogP contribution in [0.1, 0.15) is 29.0 Å². The SMILES string of the molecule is O=C(O)c1oc2ccccc2c1CN1CCC(CO)CC1. The van der Waals surface area contributed by atoms with Gasteiger partial charge in [0.1, 0.15) is 5.58 Å². The number of para-hydroxylation sites is 1. The molecule has 0 radical (unpaired) electrons. The number of carboxylic acid groups (broad SMARTS) is 1. The summed E-state index contributed by atoms with van der Waals surface area (Å²) in [5, 5.41) is 19.4. The van der Waals surface area contributed by atoms with Gasteiger partial charge < -0.3 is 14.6 Å². The van der Waals surface area contributed by atoms with Crippen LogP contribution in [0.4, 0.5) is 0 Å². The number of hydrogen-bond donors (Lipinski definition) is 2. The summed E-state index contributed by atoms with van der Waals surface area (Å²) in [7, 11) is 0. The highest BCUT2D eigenvalue weighted by atomic mass is 16.4. The van der Waals surface area contributed by atoms with Gasteiger partial charge in [-0.3, -0.25) is 4.90 Å². The molecule has 2 heterocycles. The Morgan fingerprint density at radius 1 is 1.29 bits per heavy atom. The Balaban J connectivity index is 1.86. The van der Waals surface area contributed by atoms with E-state index in [0.717, 1.165) is 36.9 Å². The molecule has 2 aromatic rings. The van der Waals surface area contributed by atoms with E-state index in [-0.39, 0.29) is 12.4 Å². The summed E-state index contributed by atoms with van der Waals surface area (Å²) in [4.78, 5) is 13.6. The van der Waals surface area contributed by atoms with Crippen molar-refractivity contribution in [3.05, 3.63) is 35.6 Å². The predicted octanol–water partition coefficient (Wildman–Crippen LogP) is 2.34. The van der Waals surface area contributed by atoms with E-state index in [4.69, 9.17) is 4.42 Å². The lowest BCUT2D eigenvalue weighted by Crippen LogP contribution is -2.34. The van der Waals surface area contributed by atoms with Gasteiger partial charge in [-0.15, -0.1) is 0 Å². The van der Waals surface area contributed by atoms with Gasteiger partial charge in [0.15, 0.2) is 0 Å². The molecule has 2 N–H and O–H groups in total. The predicted molar refractivity (Wildman–Crippen MR) is 78.3 cm³/mol. The van der Waals surface area contributed by atoms with Gasteiger partial charge in [0.05, 0.1) is 0 Å². The van der Waals surface area contributed by atoms with Crippen molar-refractivity contribution in [2.24, 2.45) is 5.92 Å². The number of aliphatic hydroxyl groups is 1. The molecule has 0 atom stereocenters. The van der Waals surface area contributed by atoms with Gasteiger partial charge in [0.25, 0.3) is 0 Å². The molecule has 1 aromatic carbocycles. The van der Waals surface area contributed by atoms with Crippen LogP contribution < -0.4 is 0 Å². The van der Waals surface area contributed by atoms with Crippen molar-refractivity contribution in [1.82, 2.24) is 4.90 Å². The molecule has 0 aliphatic carbocycles. The van der Waals surface area contributed by atoms with E-state index in [1.165, 1.54) is 0 Å². The number of rotatable bonds is 4. The molecule has 1 fully saturated rings. The maximum absolute atomic E-state index is 11.4. The van der Waals surface area contributed by atoms with E-state index >= 15 is 0 Å². The second-order valence-corrected chi connectivity index (χ2v) is 5.61. The molecule has 112 valence electrons. The average molecular weight is 289 g/mol. The van der Waals surface area contributed by atoms with Crippen molar-refractivity contribution in [2.75, 3.05) is 19.7 Å². The van der Waals surface area contributed by atoms with Crippen LogP contribution in [-0.2, 0) is 6.54 Å². The molecule has 21 heavy (non-hydrogen) atoms. The molecule has 5 heteroatoms. The fourth-order valence-corrected chi connectivity index (χ4v) is 2.98. The quantitative estimate of drug-likeness (QED) is 0.903. The average Bonchev–Trinajstić information content (AvgIpc) is 2.87. The van der Waals surface area contributed by atoms with Crippen molar-refractivity contribution in [3.8, 4) is 0 Å². The Hall–Kier alpha value is -1.85. The molecule has 0 bridgehead atoms. The summed E-state index contributed by atoms with van der Waals surface area (Å²) in [5.41, 5.74) is 1.37. The molecule has 1 saturated heterocycles. The summed E-state index contributed by atoms with van der Waals surface area (Å²) in [6.45, 7) is 2.58. The summed E-state index contributed by atoms with van der Waals surface area (Å²) < 4.78 is 5.48. The number of carbonyl (C=O) groups is 1. The van der Waals surface area contributed by atoms with Crippen LogP contribution in [0.25, 0.3) is 11.0 Å². The van der Waals surface area contributed by atoms with Crippen molar-refractivity contribution in [3.63, 3.8) is 0 Å². The monoisotopic (exact) mass is 289 g/mol. The first-order valence-electron chi connectivity index (χ1n) is 7.26. The molecule has 1 aliphatic rings. The van der Waals surface area contributed by atoms with E-state index in [0.29, 0.717) is 18.0 Å². The van der Waals surface area contributed by atoms with Gasteiger partial charge in [-0.2, -0.15) is 0 Å². The zero-order valence-electron chi connectivity index (χ0n) is 11.8. The lowest BCUT2D eigenvalue weighted by atomic mass is 9.97. The number of furan rings is 1. The van der Waals surface area contributed by atoms with Gasteiger partial charge in [-0.25, -0.2) is 4.79 Å². The highest BCUT2D eigenvalue weighted by Crippen LogP contribution is 2.28. The van der Waals surface area contributed by atoms with Crippen LogP contribution in [0.15, 0.2) is 28.7 Å². The Kier molecular flexibility index (Phi) is 3.94. The van der Waals surface area contributed by atoms with E-state index in [1.54, 1.807) is 6.07 Å². The maximum Gasteiger partial charge on any atom is 0.372 e. The minimum atomic E-state index is -1.02. The van der Waals surface area contributed by atoms with Crippen molar-refractivity contribution in [2.45, 2.75) is 19.4 Å². The molecule has 0 saturated carbocycles. The number of carboxylic acids is 1. The smallest absolute Gasteiger partial charge is 0.372 e. The molecule has 1 aliphatic heterocycles. The third-order valence-electron chi connectivity index (χ3n) is 4.24. The van der Waals surface area contributed by atoms with Gasteiger partial charge in [0, 0.05) is 24.1 Å². The summed E-state index contributed by atoms with van der Waals surface area (Å²) in [5.74, 6) is -0.604. The Morgan fingerprint density at radius 2 is 2.00 bits per heavy atom. The van der Waals surface area contributed by atoms with Gasteiger partial charge in [-0.1, -0.05) is 18.2 Å². The van der Waals surface area contributed by atoms with E-state index in [9.17, 15) is 15.0 Å². The lowest BCUT2D eigenvalue weighted by Gasteiger charge is -2.30. The summed E-state index contributed by atoms with van der Waals surface area (Å²) in [6, 6.07) is 7.43. The van der Waals surface area contributed by atoms with Crippen molar-refractivity contribution < 1.29 is 19.4 Å². The molecule has 3 rings (SSSR count). The minimum absolute atomic E-state index is 0.0421. The van der Waals surface area contributed by atoms with Crippen LogP contribution >= 0.6 is 0 Å². The Morgan fingerprint density at radius 3 is 2.67 bits per heavy atom. The minimum Gasteiger partial charge on any atom is -0.475 e. The molecule has 0 spiro atoms. The number of nitrogens with zero attached hydrogens (tertiary/aromatic N) is 1. The van der Waals surface area contributed by atoms with Gasteiger partial charge >= 0.3 is 5.97 Å². The number of aliphatic hydroxyl groups excluding tert-OH is 1. The van der Waals surface area contributed by atoms with Crippen molar-refractivity contribution >= 4 is 16.9 Å². The molecule has 0 amide bonds. The zero-order valence-corrected chi connectivity index (χ0v) is 11.8. The molecular formula is C16H19NO4. The Bertz CT molecular complexity index is 641. The number of benzene rings is 1. The van der Waals surface area contributed by atoms with Crippen LogP contribution in [0, 0.1) is 5.92 Å². The maximum atomic E-state index is 11.4. The highest BCUT2D eigenvalue weighted by Gasteiger charge is 2.24. The number of aromatic carboxylic acids is 1. The lowest BCUT2D eigenvalue weighted by molar-refractivity contribution is 0.0660. The van der Waals surface area contributed by atoms with E-state index in [1.807, 2.05) is 18.2 Å². The first-order valence-corrected chi connectivity index (χ1v) is 7.26. The van der Waals surface area contributed by atoms with Crippen LogP contribution in [-0.4, -0.2) is 40.8 Å². The van der Waals surface area contributed by atoms with Crippen LogP contribution in [0.2, 0.25) is 0 Å². The molecule has 5 nitrogen and oxygen atoms in total. The topological polar surface area (TPSA) is 73.9 Å². The molecular weight excluding hydrogens is 270 g/mol. The second-order valence-electron chi connectivity index (χ2n) is 5.61. The van der Waals surface area contributed by atoms with Gasteiger partial charge in [-0.05, 0) is 37.9 Å². The number of hydrogen-bond acceptors (Lipinski definition) is 4. The van der Waals surface area contributed by atoms with E-state index in [2.05, 4.69) is 4.90 Å². The fourth-order valence-electron chi connectivity index (χ4n) is 2.98. The fraction of sp³-hybridized carbons (Fsp3) is 0.438. The first kappa shape index (κ1) is 14.1. The van der Waals surface area contributed by atoms with Gasteiger partial charge in [0.2, 0.25) is 5.76 Å². The number of likely N-dealkylation sites (tertiary alicyclic amines) is 1. The second kappa shape index (κ2) is 5.87. The largest absolute Gasteiger partial charge is 0.475 e. The zero-order chi connectivity index (χ0) is 14.8. The van der Waals surface area contributed by atoms with Crippen LogP contribution in [0.3, 0.4) is 0 Å². The Labute approximate surface area is 122 Å². The van der Waals surface area contributed by atoms with Crippen molar-refractivity contribution in [1.29, 1.82) is 0 Å². The molecule has 1 aromatic heterocycles. The highest BCUT2D eigenvalue weighted by molar-refractivity contribution is 5.95. The van der Waals surface area contributed by atoms with Crippen LogP contribution in [0.5, 0.6) is 0 Å². The summed E-state index contributed by atoms with van der Waals surface area (Å²) in [6.07, 6.45) is 1.91. The first-order chi connectivity index (χ1) is 10.2. The van der Waals surface area contributed by atoms with E-state index < -0.39 is 5.97 Å².